The van der Waals surface area contributed by atoms with Crippen LogP contribution >= 0.6 is 0 Å². The van der Waals surface area contributed by atoms with Crippen molar-refractivity contribution in [1.82, 2.24) is 4.90 Å². The Balaban J connectivity index is 1.37. The van der Waals surface area contributed by atoms with Gasteiger partial charge in [0.1, 0.15) is 17.5 Å². The average molecular weight is 493 g/mol. The van der Waals surface area contributed by atoms with E-state index in [2.05, 4.69) is 25.7 Å². The van der Waals surface area contributed by atoms with Crippen LogP contribution in [0.3, 0.4) is 0 Å². The number of piperidine rings is 1. The lowest BCUT2D eigenvalue weighted by Gasteiger charge is -2.40. The van der Waals surface area contributed by atoms with E-state index >= 15 is 0 Å². The molecule has 3 aromatic rings. The second-order valence-corrected chi connectivity index (χ2v) is 11.2. The van der Waals surface area contributed by atoms with Crippen LogP contribution < -0.4 is 4.90 Å². The van der Waals surface area contributed by atoms with Gasteiger partial charge in [-0.2, -0.15) is 0 Å². The van der Waals surface area contributed by atoms with E-state index in [1.807, 2.05) is 24.3 Å². The Labute approximate surface area is 210 Å². The van der Waals surface area contributed by atoms with Crippen LogP contribution in [-0.2, 0) is 17.4 Å². The molecule has 0 atom stereocenters. The number of fused-ring (bicyclic) bond motifs is 2. The SMILES string of the molecule is CC(C)(C)c1ccc(C(=O)N2CC3(CCN(Cc4cc(F)cc(F)c4)CC3)c3cc(F)ccc32)cc1. The Morgan fingerprint density at radius 3 is 2.11 bits per heavy atom. The largest absolute Gasteiger partial charge is 0.307 e. The quantitative estimate of drug-likeness (QED) is 0.412. The lowest BCUT2D eigenvalue weighted by Crippen LogP contribution is -2.45. The Bertz CT molecular complexity index is 1270. The van der Waals surface area contributed by atoms with Crippen LogP contribution in [0.1, 0.15) is 60.7 Å². The Morgan fingerprint density at radius 1 is 0.861 bits per heavy atom. The summed E-state index contributed by atoms with van der Waals surface area (Å²) >= 11 is 0. The molecule has 0 unspecified atom stereocenters. The van der Waals surface area contributed by atoms with E-state index in [0.29, 0.717) is 37.3 Å². The first-order valence-electron chi connectivity index (χ1n) is 12.4. The first-order chi connectivity index (χ1) is 17.0. The van der Waals surface area contributed by atoms with Gasteiger partial charge in [-0.05, 0) is 90.5 Å². The summed E-state index contributed by atoms with van der Waals surface area (Å²) in [6.45, 7) is 8.73. The van der Waals surface area contributed by atoms with E-state index in [1.54, 1.807) is 17.0 Å². The maximum Gasteiger partial charge on any atom is 0.258 e. The summed E-state index contributed by atoms with van der Waals surface area (Å²) in [7, 11) is 0. The van der Waals surface area contributed by atoms with Crippen molar-refractivity contribution in [3.8, 4) is 0 Å². The number of amides is 1. The number of hydrogen-bond acceptors (Lipinski definition) is 2. The number of halogens is 3. The standard InChI is InChI=1S/C30H31F3N2O/c1-29(2,3)22-6-4-21(5-7-22)28(36)35-19-30(26-17-23(31)8-9-27(26)35)10-12-34(13-11-30)18-20-14-24(32)16-25(33)15-20/h4-9,14-17H,10-13,18-19H2,1-3H3. The van der Waals surface area contributed by atoms with Gasteiger partial charge in [0.15, 0.2) is 0 Å². The topological polar surface area (TPSA) is 23.6 Å². The van der Waals surface area contributed by atoms with Gasteiger partial charge < -0.3 is 4.90 Å². The van der Waals surface area contributed by atoms with Crippen molar-refractivity contribution in [2.75, 3.05) is 24.5 Å². The van der Waals surface area contributed by atoms with Crippen molar-refractivity contribution in [3.05, 3.63) is 100 Å². The third kappa shape index (κ3) is 4.66. The van der Waals surface area contributed by atoms with Gasteiger partial charge in [-0.15, -0.1) is 0 Å². The third-order valence-electron chi connectivity index (χ3n) is 7.67. The number of carbonyl (C=O) groups excluding carboxylic acids is 1. The van der Waals surface area contributed by atoms with Gasteiger partial charge in [-0.3, -0.25) is 9.69 Å². The zero-order chi connectivity index (χ0) is 25.7. The van der Waals surface area contributed by atoms with E-state index in [9.17, 15) is 18.0 Å². The van der Waals surface area contributed by atoms with Gasteiger partial charge in [0.05, 0.1) is 0 Å². The minimum Gasteiger partial charge on any atom is -0.307 e. The summed E-state index contributed by atoms with van der Waals surface area (Å²) in [5, 5.41) is 0. The van der Waals surface area contributed by atoms with Crippen LogP contribution in [0.2, 0.25) is 0 Å². The smallest absolute Gasteiger partial charge is 0.258 e. The molecule has 5 rings (SSSR count). The summed E-state index contributed by atoms with van der Waals surface area (Å²) < 4.78 is 41.6. The molecule has 1 amide bonds. The molecule has 3 aromatic carbocycles. The van der Waals surface area contributed by atoms with E-state index in [0.717, 1.165) is 35.7 Å². The van der Waals surface area contributed by atoms with Crippen molar-refractivity contribution >= 4 is 11.6 Å². The number of likely N-dealkylation sites (tertiary alicyclic amines) is 1. The lowest BCUT2D eigenvalue weighted by molar-refractivity contribution is 0.0975. The number of hydrogen-bond donors (Lipinski definition) is 0. The summed E-state index contributed by atoms with van der Waals surface area (Å²) in [6, 6.07) is 16.0. The number of anilines is 1. The molecule has 2 aliphatic rings. The van der Waals surface area contributed by atoms with Crippen LogP contribution in [0.25, 0.3) is 0 Å². The molecule has 188 valence electrons. The summed E-state index contributed by atoms with van der Waals surface area (Å²) in [4.78, 5) is 17.6. The molecule has 2 heterocycles. The number of nitrogens with zero attached hydrogens (tertiary/aromatic N) is 2. The fourth-order valence-electron chi connectivity index (χ4n) is 5.62. The Morgan fingerprint density at radius 2 is 1.50 bits per heavy atom. The molecule has 2 aliphatic heterocycles. The minimum atomic E-state index is -0.580. The van der Waals surface area contributed by atoms with Crippen molar-refractivity contribution in [3.63, 3.8) is 0 Å². The highest BCUT2D eigenvalue weighted by molar-refractivity contribution is 6.07. The van der Waals surface area contributed by atoms with Crippen molar-refractivity contribution in [2.45, 2.75) is 51.0 Å². The fraction of sp³-hybridized carbons (Fsp3) is 0.367. The van der Waals surface area contributed by atoms with E-state index in [4.69, 9.17) is 0 Å². The Hall–Kier alpha value is -3.12. The molecule has 6 heteroatoms. The first kappa shape index (κ1) is 24.6. The monoisotopic (exact) mass is 492 g/mol. The van der Waals surface area contributed by atoms with Gasteiger partial charge in [-0.1, -0.05) is 32.9 Å². The van der Waals surface area contributed by atoms with Gasteiger partial charge in [0, 0.05) is 35.8 Å². The summed E-state index contributed by atoms with van der Waals surface area (Å²) in [5.74, 6) is -1.56. The fourth-order valence-corrected chi connectivity index (χ4v) is 5.62. The molecular weight excluding hydrogens is 461 g/mol. The van der Waals surface area contributed by atoms with Gasteiger partial charge >= 0.3 is 0 Å². The second-order valence-electron chi connectivity index (χ2n) is 11.2. The zero-order valence-corrected chi connectivity index (χ0v) is 21.0. The molecule has 1 saturated heterocycles. The highest BCUT2D eigenvalue weighted by Crippen LogP contribution is 2.48. The van der Waals surface area contributed by atoms with E-state index in [-0.39, 0.29) is 22.6 Å². The molecule has 0 aromatic heterocycles. The number of rotatable bonds is 3. The maximum atomic E-state index is 14.4. The highest BCUT2D eigenvalue weighted by atomic mass is 19.1. The molecule has 0 saturated carbocycles. The number of benzene rings is 3. The molecule has 0 N–H and O–H groups in total. The van der Waals surface area contributed by atoms with Gasteiger partial charge in [0.25, 0.3) is 5.91 Å². The highest BCUT2D eigenvalue weighted by Gasteiger charge is 2.46. The molecule has 1 fully saturated rings. The second kappa shape index (κ2) is 9.07. The van der Waals surface area contributed by atoms with Crippen molar-refractivity contribution < 1.29 is 18.0 Å². The molecular formula is C30H31F3N2O. The lowest BCUT2D eigenvalue weighted by atomic mass is 9.74. The normalized spacial score (nSPS) is 17.4. The molecule has 0 radical (unpaired) electrons. The van der Waals surface area contributed by atoms with Crippen LogP contribution in [0, 0.1) is 17.5 Å². The van der Waals surface area contributed by atoms with Gasteiger partial charge in [-0.25, -0.2) is 13.2 Å². The van der Waals surface area contributed by atoms with Crippen LogP contribution in [0.5, 0.6) is 0 Å². The predicted molar refractivity (Wildman–Crippen MR) is 136 cm³/mol. The third-order valence-corrected chi connectivity index (χ3v) is 7.67. The summed E-state index contributed by atoms with van der Waals surface area (Å²) in [6.07, 6.45) is 1.46. The van der Waals surface area contributed by atoms with E-state index in [1.165, 1.54) is 18.2 Å². The minimum absolute atomic E-state index is 0.00529. The predicted octanol–water partition coefficient (Wildman–Crippen LogP) is 6.60. The van der Waals surface area contributed by atoms with Crippen LogP contribution in [0.4, 0.5) is 18.9 Å². The van der Waals surface area contributed by atoms with Crippen molar-refractivity contribution in [1.29, 1.82) is 0 Å². The van der Waals surface area contributed by atoms with E-state index < -0.39 is 11.6 Å². The van der Waals surface area contributed by atoms with Crippen LogP contribution in [0.15, 0.2) is 60.7 Å². The maximum absolute atomic E-state index is 14.4. The van der Waals surface area contributed by atoms with Crippen molar-refractivity contribution in [2.24, 2.45) is 0 Å². The number of carbonyl (C=O) groups is 1. The van der Waals surface area contributed by atoms with Gasteiger partial charge in [0.2, 0.25) is 0 Å². The molecule has 3 nitrogen and oxygen atoms in total. The first-order valence-corrected chi connectivity index (χ1v) is 12.4. The summed E-state index contributed by atoms with van der Waals surface area (Å²) in [5.41, 5.74) is 3.65. The van der Waals surface area contributed by atoms with Crippen LogP contribution in [-0.4, -0.2) is 30.4 Å². The zero-order valence-electron chi connectivity index (χ0n) is 21.0. The molecule has 0 bridgehead atoms. The molecule has 0 aliphatic carbocycles. The average Bonchev–Trinajstić information content (AvgIpc) is 3.12. The molecule has 1 spiro atoms. The Kier molecular flexibility index (Phi) is 6.19. The molecule has 36 heavy (non-hydrogen) atoms.